The summed E-state index contributed by atoms with van der Waals surface area (Å²) in [5.41, 5.74) is 0.597. The fraction of sp³-hybridized carbons (Fsp3) is 0.368. The van der Waals surface area contributed by atoms with Crippen LogP contribution in [-0.2, 0) is 9.53 Å². The summed E-state index contributed by atoms with van der Waals surface area (Å²) in [6.45, 7) is 3.53. The number of halogens is 1. The maximum absolute atomic E-state index is 12.6. The number of amides is 1. The minimum Gasteiger partial charge on any atom is -0.482 e. The van der Waals surface area contributed by atoms with Crippen LogP contribution in [0.25, 0.3) is 0 Å². The summed E-state index contributed by atoms with van der Waals surface area (Å²) in [6, 6.07) is 6.69. The molecule has 1 aliphatic rings. The molecule has 2 aromatic rings. The lowest BCUT2D eigenvalue weighted by molar-refractivity contribution is -0.145. The Labute approximate surface area is 167 Å². The van der Waals surface area contributed by atoms with Gasteiger partial charge in [0, 0.05) is 24.8 Å². The van der Waals surface area contributed by atoms with E-state index >= 15 is 0 Å². The summed E-state index contributed by atoms with van der Waals surface area (Å²) >= 11 is 6.13. The van der Waals surface area contributed by atoms with Crippen LogP contribution in [0.2, 0.25) is 5.02 Å². The predicted molar refractivity (Wildman–Crippen MR) is 105 cm³/mol. The van der Waals surface area contributed by atoms with E-state index in [0.29, 0.717) is 17.4 Å². The van der Waals surface area contributed by atoms with E-state index in [9.17, 15) is 9.59 Å². The number of carbonyl (C=O) groups excluding carboxylic acids is 2. The van der Waals surface area contributed by atoms with Crippen molar-refractivity contribution in [2.45, 2.75) is 19.8 Å². The number of ether oxygens (including phenoxy) is 2. The minimum atomic E-state index is -0.459. The van der Waals surface area contributed by atoms with Crippen LogP contribution in [0, 0.1) is 0 Å². The number of aromatic nitrogens is 2. The maximum atomic E-state index is 12.6. The van der Waals surface area contributed by atoms with Crippen molar-refractivity contribution < 1.29 is 19.1 Å². The highest BCUT2D eigenvalue weighted by Crippen LogP contribution is 2.22. The quantitative estimate of drug-likeness (QED) is 0.709. The van der Waals surface area contributed by atoms with Crippen LogP contribution >= 0.6 is 11.6 Å². The Balaban J connectivity index is 1.68. The van der Waals surface area contributed by atoms with E-state index in [4.69, 9.17) is 21.1 Å². The molecular weight excluding hydrogens is 384 g/mol. The van der Waals surface area contributed by atoms with E-state index in [0.717, 1.165) is 25.9 Å². The van der Waals surface area contributed by atoms with Crippen LogP contribution < -0.4 is 15.0 Å². The lowest BCUT2D eigenvalue weighted by Gasteiger charge is -2.16. The van der Waals surface area contributed by atoms with Gasteiger partial charge in [0.1, 0.15) is 5.75 Å². The minimum absolute atomic E-state index is 0.108. The Kier molecular flexibility index (Phi) is 6.65. The van der Waals surface area contributed by atoms with Gasteiger partial charge in [0.25, 0.3) is 5.91 Å². The zero-order valence-corrected chi connectivity index (χ0v) is 16.2. The fourth-order valence-electron chi connectivity index (χ4n) is 2.79. The summed E-state index contributed by atoms with van der Waals surface area (Å²) in [5, 5.41) is 2.92. The fourth-order valence-corrected chi connectivity index (χ4v) is 2.96. The zero-order chi connectivity index (χ0) is 19.9. The van der Waals surface area contributed by atoms with Crippen molar-refractivity contribution in [3.63, 3.8) is 0 Å². The van der Waals surface area contributed by atoms with Gasteiger partial charge in [-0.15, -0.1) is 0 Å². The molecule has 8 nitrogen and oxygen atoms in total. The van der Waals surface area contributed by atoms with Crippen molar-refractivity contribution in [3.05, 3.63) is 41.2 Å². The zero-order valence-electron chi connectivity index (χ0n) is 15.5. The average Bonchev–Trinajstić information content (AvgIpc) is 3.22. The highest BCUT2D eigenvalue weighted by Gasteiger charge is 2.20. The van der Waals surface area contributed by atoms with Crippen LogP contribution in [0.5, 0.6) is 5.75 Å². The molecule has 1 aromatic carbocycles. The number of benzene rings is 1. The molecule has 0 radical (unpaired) electrons. The van der Waals surface area contributed by atoms with Crippen molar-refractivity contribution in [1.29, 1.82) is 0 Å². The van der Waals surface area contributed by atoms with E-state index in [1.54, 1.807) is 31.2 Å². The number of hydrogen-bond acceptors (Lipinski definition) is 7. The van der Waals surface area contributed by atoms with Gasteiger partial charge in [-0.3, -0.25) is 4.79 Å². The molecule has 1 aromatic heterocycles. The molecule has 9 heteroatoms. The Hall–Kier alpha value is -2.87. The first-order valence-electron chi connectivity index (χ1n) is 9.04. The first kappa shape index (κ1) is 19.9. The number of rotatable bonds is 7. The van der Waals surface area contributed by atoms with Crippen LogP contribution in [-0.4, -0.2) is 48.1 Å². The third kappa shape index (κ3) is 5.10. The number of nitrogens with zero attached hydrogens (tertiary/aromatic N) is 3. The number of hydrogen-bond donors (Lipinski definition) is 1. The molecule has 0 aliphatic carbocycles. The molecule has 0 atom stereocenters. The number of carbonyl (C=O) groups is 2. The highest BCUT2D eigenvalue weighted by atomic mass is 35.5. The molecule has 1 N–H and O–H groups in total. The average molecular weight is 405 g/mol. The van der Waals surface area contributed by atoms with Crippen molar-refractivity contribution in [2.75, 3.05) is 36.5 Å². The summed E-state index contributed by atoms with van der Waals surface area (Å²) in [7, 11) is 0. The van der Waals surface area contributed by atoms with Gasteiger partial charge in [0.05, 0.1) is 17.8 Å². The van der Waals surface area contributed by atoms with Gasteiger partial charge < -0.3 is 19.7 Å². The summed E-state index contributed by atoms with van der Waals surface area (Å²) in [6.07, 6.45) is 3.59. The molecule has 0 bridgehead atoms. The van der Waals surface area contributed by atoms with Crippen LogP contribution in [0.1, 0.15) is 30.3 Å². The number of anilines is 2. The third-order valence-corrected chi connectivity index (χ3v) is 4.37. The highest BCUT2D eigenvalue weighted by molar-refractivity contribution is 6.34. The van der Waals surface area contributed by atoms with E-state index in [-0.39, 0.29) is 23.9 Å². The molecular formula is C19H21ClN4O4. The molecule has 1 aliphatic heterocycles. The molecule has 0 spiro atoms. The molecule has 0 unspecified atom stereocenters. The molecule has 2 heterocycles. The second-order valence-electron chi connectivity index (χ2n) is 6.14. The molecule has 148 valence electrons. The van der Waals surface area contributed by atoms with Crippen LogP contribution in [0.15, 0.2) is 30.5 Å². The molecule has 1 fully saturated rings. The Bertz CT molecular complexity index is 856. The van der Waals surface area contributed by atoms with Gasteiger partial charge in [-0.2, -0.15) is 0 Å². The van der Waals surface area contributed by atoms with Crippen molar-refractivity contribution in [3.8, 4) is 5.75 Å². The maximum Gasteiger partial charge on any atom is 0.344 e. The first-order chi connectivity index (χ1) is 13.6. The standard InChI is InChI=1S/C19H21ClN4O4/c1-2-27-16(25)12-28-14-7-5-6-13(10-14)22-18(26)17-15(20)11-21-19(23-17)24-8-3-4-9-24/h5-7,10-11H,2-4,8-9,12H2,1H3,(H,22,26). The summed E-state index contributed by atoms with van der Waals surface area (Å²) in [4.78, 5) is 34.6. The predicted octanol–water partition coefficient (Wildman–Crippen LogP) is 2.92. The summed E-state index contributed by atoms with van der Waals surface area (Å²) in [5.74, 6) is 0.0190. The monoisotopic (exact) mass is 404 g/mol. The van der Waals surface area contributed by atoms with Gasteiger partial charge in [-0.1, -0.05) is 17.7 Å². The number of nitrogens with one attached hydrogen (secondary N) is 1. The van der Waals surface area contributed by atoms with E-state index in [1.807, 2.05) is 4.90 Å². The Morgan fingerprint density at radius 1 is 1.29 bits per heavy atom. The van der Waals surface area contributed by atoms with Crippen molar-refractivity contribution >= 4 is 35.1 Å². The van der Waals surface area contributed by atoms with Gasteiger partial charge in [0.2, 0.25) is 5.95 Å². The van der Waals surface area contributed by atoms with E-state index in [2.05, 4.69) is 15.3 Å². The first-order valence-corrected chi connectivity index (χ1v) is 9.42. The van der Waals surface area contributed by atoms with Crippen LogP contribution in [0.3, 0.4) is 0 Å². The molecule has 1 amide bonds. The van der Waals surface area contributed by atoms with Gasteiger partial charge in [-0.05, 0) is 31.9 Å². The Morgan fingerprint density at radius 2 is 2.07 bits per heavy atom. The second kappa shape index (κ2) is 9.36. The van der Waals surface area contributed by atoms with Gasteiger partial charge in [-0.25, -0.2) is 14.8 Å². The lowest BCUT2D eigenvalue weighted by Crippen LogP contribution is -2.23. The van der Waals surface area contributed by atoms with Crippen molar-refractivity contribution in [2.24, 2.45) is 0 Å². The third-order valence-electron chi connectivity index (χ3n) is 4.09. The van der Waals surface area contributed by atoms with Crippen LogP contribution in [0.4, 0.5) is 11.6 Å². The largest absolute Gasteiger partial charge is 0.482 e. The number of esters is 1. The van der Waals surface area contributed by atoms with Crippen molar-refractivity contribution in [1.82, 2.24) is 9.97 Å². The SMILES string of the molecule is CCOC(=O)COc1cccc(NC(=O)c2nc(N3CCCC3)ncc2Cl)c1. The summed E-state index contributed by atoms with van der Waals surface area (Å²) < 4.78 is 10.2. The normalized spacial score (nSPS) is 13.3. The smallest absolute Gasteiger partial charge is 0.344 e. The second-order valence-corrected chi connectivity index (χ2v) is 6.54. The van der Waals surface area contributed by atoms with Gasteiger partial charge >= 0.3 is 5.97 Å². The topological polar surface area (TPSA) is 93.6 Å². The molecule has 28 heavy (non-hydrogen) atoms. The van der Waals surface area contributed by atoms with E-state index < -0.39 is 11.9 Å². The molecule has 0 saturated carbocycles. The molecule has 1 saturated heterocycles. The lowest BCUT2D eigenvalue weighted by atomic mass is 10.3. The molecule has 3 rings (SSSR count). The van der Waals surface area contributed by atoms with Gasteiger partial charge in [0.15, 0.2) is 12.3 Å². The van der Waals surface area contributed by atoms with E-state index in [1.165, 1.54) is 6.20 Å². The Morgan fingerprint density at radius 3 is 2.82 bits per heavy atom.